The van der Waals surface area contributed by atoms with Gasteiger partial charge in [-0.1, -0.05) is 20.8 Å². The van der Waals surface area contributed by atoms with Crippen LogP contribution in [0.25, 0.3) is 0 Å². The number of nitrogens with zero attached hydrogens (tertiary/aromatic N) is 1. The molecule has 1 saturated heterocycles. The summed E-state index contributed by atoms with van der Waals surface area (Å²) in [4.78, 5) is 15.0. The van der Waals surface area contributed by atoms with Crippen molar-refractivity contribution in [2.75, 3.05) is 26.3 Å². The fourth-order valence-electron chi connectivity index (χ4n) is 9.57. The van der Waals surface area contributed by atoms with E-state index in [9.17, 15) is 9.90 Å². The SMILES string of the molecule is C[C@H](CC(=O)N1CCOCC1)[C@H]1CC[C@H]2[C@@H]3CC[C@@H]4C[C@H](O)CC[C@]4(C)[C@H]3CC[C@]12C. The number of hydrogen-bond acceptors (Lipinski definition) is 3. The molecule has 0 aromatic rings. The van der Waals surface area contributed by atoms with E-state index in [0.29, 0.717) is 41.8 Å². The molecule has 31 heavy (non-hydrogen) atoms. The zero-order valence-corrected chi connectivity index (χ0v) is 20.2. The molecular weight excluding hydrogens is 386 g/mol. The van der Waals surface area contributed by atoms with Gasteiger partial charge in [0.2, 0.25) is 5.91 Å². The lowest BCUT2D eigenvalue weighted by atomic mass is 9.44. The number of rotatable bonds is 3. The molecule has 4 nitrogen and oxygen atoms in total. The predicted molar refractivity (Wildman–Crippen MR) is 122 cm³/mol. The van der Waals surface area contributed by atoms with Gasteiger partial charge in [-0.15, -0.1) is 0 Å². The lowest BCUT2D eigenvalue weighted by Gasteiger charge is -2.61. The summed E-state index contributed by atoms with van der Waals surface area (Å²) in [5, 5.41) is 10.3. The quantitative estimate of drug-likeness (QED) is 0.692. The van der Waals surface area contributed by atoms with E-state index in [1.807, 2.05) is 4.90 Å². The van der Waals surface area contributed by atoms with Gasteiger partial charge in [0.15, 0.2) is 0 Å². The van der Waals surface area contributed by atoms with Crippen LogP contribution in [-0.2, 0) is 9.53 Å². The van der Waals surface area contributed by atoms with Crippen molar-refractivity contribution >= 4 is 5.91 Å². The molecule has 4 heteroatoms. The number of fused-ring (bicyclic) bond motifs is 5. The predicted octanol–water partition coefficient (Wildman–Crippen LogP) is 4.89. The highest BCUT2D eigenvalue weighted by atomic mass is 16.5. The zero-order chi connectivity index (χ0) is 21.8. The second-order valence-electron chi connectivity index (χ2n) is 12.5. The number of hydrogen-bond donors (Lipinski definition) is 1. The van der Waals surface area contributed by atoms with Crippen LogP contribution in [0.15, 0.2) is 0 Å². The number of ether oxygens (including phenoxy) is 1. The van der Waals surface area contributed by atoms with Crippen LogP contribution in [0.3, 0.4) is 0 Å². The molecule has 1 N–H and O–H groups in total. The minimum Gasteiger partial charge on any atom is -0.393 e. The van der Waals surface area contributed by atoms with Crippen LogP contribution in [0.1, 0.15) is 85.0 Å². The second kappa shape index (κ2) is 8.31. The van der Waals surface area contributed by atoms with Crippen molar-refractivity contribution in [3.8, 4) is 0 Å². The fourth-order valence-corrected chi connectivity index (χ4v) is 9.57. The van der Waals surface area contributed by atoms with E-state index in [-0.39, 0.29) is 6.10 Å². The third-order valence-corrected chi connectivity index (χ3v) is 11.3. The molecule has 0 radical (unpaired) electrons. The summed E-state index contributed by atoms with van der Waals surface area (Å²) in [6, 6.07) is 0. The van der Waals surface area contributed by atoms with Gasteiger partial charge >= 0.3 is 0 Å². The first-order valence-corrected chi connectivity index (χ1v) is 13.4. The number of amides is 1. The molecule has 0 aromatic heterocycles. The smallest absolute Gasteiger partial charge is 0.223 e. The van der Waals surface area contributed by atoms with Gasteiger partial charge < -0.3 is 14.7 Å². The van der Waals surface area contributed by atoms with Gasteiger partial charge in [-0.25, -0.2) is 0 Å². The summed E-state index contributed by atoms with van der Waals surface area (Å²) in [7, 11) is 0. The first-order valence-electron chi connectivity index (χ1n) is 13.4. The lowest BCUT2D eigenvalue weighted by molar-refractivity contribution is -0.139. The van der Waals surface area contributed by atoms with Crippen LogP contribution in [0, 0.1) is 46.3 Å². The van der Waals surface area contributed by atoms with Crippen molar-refractivity contribution in [2.24, 2.45) is 46.3 Å². The topological polar surface area (TPSA) is 49.8 Å². The third kappa shape index (κ3) is 3.68. The average Bonchev–Trinajstić information content (AvgIpc) is 3.12. The number of morpholine rings is 1. The Hall–Kier alpha value is -0.610. The molecule has 5 fully saturated rings. The Morgan fingerprint density at radius 2 is 1.71 bits per heavy atom. The van der Waals surface area contributed by atoms with Gasteiger partial charge in [-0.2, -0.15) is 0 Å². The number of carbonyl (C=O) groups is 1. The highest BCUT2D eigenvalue weighted by Crippen LogP contribution is 2.68. The van der Waals surface area contributed by atoms with E-state index in [0.717, 1.165) is 56.0 Å². The molecule has 0 bridgehead atoms. The molecule has 4 aliphatic carbocycles. The second-order valence-corrected chi connectivity index (χ2v) is 12.5. The van der Waals surface area contributed by atoms with E-state index in [2.05, 4.69) is 20.8 Å². The number of carbonyl (C=O) groups excluding carboxylic acids is 1. The summed E-state index contributed by atoms with van der Waals surface area (Å²) in [6.45, 7) is 10.5. The van der Waals surface area contributed by atoms with Crippen LogP contribution in [0.5, 0.6) is 0 Å². The van der Waals surface area contributed by atoms with Crippen molar-refractivity contribution in [3.05, 3.63) is 0 Å². The fraction of sp³-hybridized carbons (Fsp3) is 0.963. The Morgan fingerprint density at radius 3 is 2.48 bits per heavy atom. The van der Waals surface area contributed by atoms with Crippen LogP contribution < -0.4 is 0 Å². The Balaban J connectivity index is 1.28. The van der Waals surface area contributed by atoms with E-state index in [1.54, 1.807) is 0 Å². The van der Waals surface area contributed by atoms with Crippen LogP contribution >= 0.6 is 0 Å². The molecular formula is C27H45NO3. The lowest BCUT2D eigenvalue weighted by Crippen LogP contribution is -2.54. The van der Waals surface area contributed by atoms with Gasteiger partial charge in [-0.05, 0) is 104 Å². The van der Waals surface area contributed by atoms with E-state index in [4.69, 9.17) is 4.74 Å². The largest absolute Gasteiger partial charge is 0.393 e. The Morgan fingerprint density at radius 1 is 1.00 bits per heavy atom. The van der Waals surface area contributed by atoms with E-state index in [1.165, 1.54) is 44.9 Å². The van der Waals surface area contributed by atoms with Crippen LogP contribution in [-0.4, -0.2) is 48.3 Å². The van der Waals surface area contributed by atoms with Crippen molar-refractivity contribution in [1.29, 1.82) is 0 Å². The summed E-state index contributed by atoms with van der Waals surface area (Å²) in [5.74, 6) is 4.86. The Kier molecular flexibility index (Phi) is 5.95. The first kappa shape index (κ1) is 22.2. The highest BCUT2D eigenvalue weighted by Gasteiger charge is 2.60. The Bertz CT molecular complexity index is 675. The maximum absolute atomic E-state index is 12.9. The number of aliphatic hydroxyl groups excluding tert-OH is 1. The molecule has 5 rings (SSSR count). The normalized spacial score (nSPS) is 48.5. The van der Waals surface area contributed by atoms with Crippen molar-refractivity contribution in [3.63, 3.8) is 0 Å². The van der Waals surface area contributed by atoms with Gasteiger partial charge in [0, 0.05) is 19.5 Å². The minimum atomic E-state index is -0.0517. The third-order valence-electron chi connectivity index (χ3n) is 11.3. The van der Waals surface area contributed by atoms with E-state index < -0.39 is 0 Å². The highest BCUT2D eigenvalue weighted by molar-refractivity contribution is 5.76. The monoisotopic (exact) mass is 431 g/mol. The number of aliphatic hydroxyl groups is 1. The Labute approximate surface area is 189 Å². The molecule has 1 aliphatic heterocycles. The van der Waals surface area contributed by atoms with Crippen LogP contribution in [0.4, 0.5) is 0 Å². The summed E-state index contributed by atoms with van der Waals surface area (Å²) in [6.07, 6.45) is 12.1. The average molecular weight is 432 g/mol. The van der Waals surface area contributed by atoms with Gasteiger partial charge in [-0.3, -0.25) is 4.79 Å². The maximum Gasteiger partial charge on any atom is 0.223 e. The molecule has 4 saturated carbocycles. The molecule has 1 amide bonds. The molecule has 0 spiro atoms. The van der Waals surface area contributed by atoms with Gasteiger partial charge in [0.25, 0.3) is 0 Å². The van der Waals surface area contributed by atoms with E-state index >= 15 is 0 Å². The van der Waals surface area contributed by atoms with Crippen molar-refractivity contribution < 1.29 is 14.6 Å². The molecule has 9 atom stereocenters. The molecule has 0 aromatic carbocycles. The summed E-state index contributed by atoms with van der Waals surface area (Å²) in [5.41, 5.74) is 0.878. The summed E-state index contributed by atoms with van der Waals surface area (Å²) >= 11 is 0. The standard InChI is InChI=1S/C27H45NO3/c1-18(16-25(30)28-12-14-31-15-13-28)22-6-7-23-21-5-4-19-17-20(29)8-10-26(19,2)24(21)9-11-27(22,23)3/h18-24,29H,4-17H2,1-3H3/t18-,19-,20-,21+,22-,23+,24+,26+,27-/m1/s1. The van der Waals surface area contributed by atoms with Crippen LogP contribution in [0.2, 0.25) is 0 Å². The first-order chi connectivity index (χ1) is 14.8. The van der Waals surface area contributed by atoms with Crippen molar-refractivity contribution in [2.45, 2.75) is 91.1 Å². The molecule has 176 valence electrons. The molecule has 5 aliphatic rings. The molecule has 0 unspecified atom stereocenters. The molecule has 1 heterocycles. The van der Waals surface area contributed by atoms with Gasteiger partial charge in [0.05, 0.1) is 19.3 Å². The minimum absolute atomic E-state index is 0.0517. The van der Waals surface area contributed by atoms with Gasteiger partial charge in [0.1, 0.15) is 0 Å². The van der Waals surface area contributed by atoms with Crippen molar-refractivity contribution in [1.82, 2.24) is 4.90 Å². The maximum atomic E-state index is 12.9. The zero-order valence-electron chi connectivity index (χ0n) is 20.2. The summed E-state index contributed by atoms with van der Waals surface area (Å²) < 4.78 is 5.44.